The zero-order valence-corrected chi connectivity index (χ0v) is 13.3. The van der Waals surface area contributed by atoms with Crippen LogP contribution in [-0.2, 0) is 0 Å². The summed E-state index contributed by atoms with van der Waals surface area (Å²) in [4.78, 5) is 12.0. The van der Waals surface area contributed by atoms with E-state index < -0.39 is 0 Å². The number of phenolic OH excluding ortho intramolecular Hbond substituents is 1. The molecule has 3 aromatic rings. The van der Waals surface area contributed by atoms with Crippen LogP contribution < -0.4 is 16.2 Å². The number of phenols is 1. The van der Waals surface area contributed by atoms with Crippen LogP contribution in [0.3, 0.4) is 0 Å². The Balaban J connectivity index is 2.17. The van der Waals surface area contributed by atoms with Crippen molar-refractivity contribution in [3.05, 3.63) is 42.1 Å². The highest BCUT2D eigenvalue weighted by atomic mass is 16.5. The predicted octanol–water partition coefficient (Wildman–Crippen LogP) is 1.96. The van der Waals surface area contributed by atoms with Crippen LogP contribution in [0.15, 0.2) is 36.5 Å². The second kappa shape index (κ2) is 6.33. The highest BCUT2D eigenvalue weighted by Gasteiger charge is 2.17. The molecule has 0 fully saturated rings. The van der Waals surface area contributed by atoms with Crippen molar-refractivity contribution in [2.75, 3.05) is 18.6 Å². The number of anilines is 2. The van der Waals surface area contributed by atoms with Crippen LogP contribution in [0.4, 0.5) is 11.8 Å². The molecule has 0 aliphatic heterocycles. The molecule has 8 heteroatoms. The van der Waals surface area contributed by atoms with Crippen LogP contribution in [0.25, 0.3) is 22.4 Å². The maximum absolute atomic E-state index is 10.2. The van der Waals surface area contributed by atoms with Gasteiger partial charge < -0.3 is 21.3 Å². The maximum atomic E-state index is 10.2. The zero-order chi connectivity index (χ0) is 18.0. The molecule has 25 heavy (non-hydrogen) atoms. The quantitative estimate of drug-likeness (QED) is 0.659. The number of pyridine rings is 1. The molecule has 0 bridgehead atoms. The fraction of sp³-hybridized carbons (Fsp3) is 0.0588. The van der Waals surface area contributed by atoms with Crippen molar-refractivity contribution in [2.24, 2.45) is 0 Å². The van der Waals surface area contributed by atoms with Crippen molar-refractivity contribution < 1.29 is 9.84 Å². The van der Waals surface area contributed by atoms with Gasteiger partial charge >= 0.3 is 0 Å². The number of hydrogen-bond donors (Lipinski definition) is 3. The number of rotatable bonds is 3. The molecule has 0 saturated carbocycles. The number of nitrogen functional groups attached to an aromatic ring is 2. The van der Waals surface area contributed by atoms with Crippen LogP contribution >= 0.6 is 0 Å². The zero-order valence-electron chi connectivity index (χ0n) is 13.3. The molecular formula is C17H14N6O2. The van der Waals surface area contributed by atoms with Crippen molar-refractivity contribution >= 4 is 11.8 Å². The van der Waals surface area contributed by atoms with Gasteiger partial charge in [-0.15, -0.1) is 0 Å². The minimum Gasteiger partial charge on any atom is -0.507 e. The fourth-order valence-corrected chi connectivity index (χ4v) is 2.38. The third kappa shape index (κ3) is 2.98. The number of ether oxygens (including phenoxy) is 1. The van der Waals surface area contributed by atoms with Gasteiger partial charge in [-0.2, -0.15) is 10.2 Å². The van der Waals surface area contributed by atoms with Crippen LogP contribution in [0.5, 0.6) is 11.6 Å². The number of nitriles is 1. The number of aromatic hydroxyl groups is 1. The van der Waals surface area contributed by atoms with E-state index in [1.54, 1.807) is 24.4 Å². The van der Waals surface area contributed by atoms with E-state index >= 15 is 0 Å². The fourth-order valence-electron chi connectivity index (χ4n) is 2.38. The lowest BCUT2D eigenvalue weighted by Crippen LogP contribution is -2.05. The number of aromatic nitrogens is 3. The molecule has 3 rings (SSSR count). The van der Waals surface area contributed by atoms with Gasteiger partial charge in [0.2, 0.25) is 11.8 Å². The monoisotopic (exact) mass is 334 g/mol. The molecule has 0 aliphatic carbocycles. The average molecular weight is 334 g/mol. The molecule has 5 N–H and O–H groups in total. The smallest absolute Gasteiger partial charge is 0.222 e. The summed E-state index contributed by atoms with van der Waals surface area (Å²) in [6.07, 6.45) is 1.64. The molecule has 8 nitrogen and oxygen atoms in total. The van der Waals surface area contributed by atoms with Crippen molar-refractivity contribution in [3.63, 3.8) is 0 Å². The predicted molar refractivity (Wildman–Crippen MR) is 92.5 cm³/mol. The first-order valence-electron chi connectivity index (χ1n) is 7.20. The van der Waals surface area contributed by atoms with Gasteiger partial charge in [0.25, 0.3) is 0 Å². The number of benzene rings is 1. The summed E-state index contributed by atoms with van der Waals surface area (Å²) >= 11 is 0. The van der Waals surface area contributed by atoms with Crippen LogP contribution in [0, 0.1) is 11.3 Å². The molecule has 0 aliphatic rings. The highest BCUT2D eigenvalue weighted by molar-refractivity contribution is 5.81. The Labute approximate surface area is 143 Å². The van der Waals surface area contributed by atoms with E-state index in [4.69, 9.17) is 16.2 Å². The van der Waals surface area contributed by atoms with E-state index in [0.29, 0.717) is 11.4 Å². The topological polar surface area (TPSA) is 144 Å². The van der Waals surface area contributed by atoms with Crippen molar-refractivity contribution in [1.29, 1.82) is 5.26 Å². The number of hydrogen-bond acceptors (Lipinski definition) is 8. The molecule has 1 aromatic carbocycles. The number of nitrogens with two attached hydrogens (primary N) is 2. The molecule has 2 aromatic heterocycles. The van der Waals surface area contributed by atoms with E-state index in [-0.39, 0.29) is 28.8 Å². The molecule has 0 atom stereocenters. The van der Waals surface area contributed by atoms with Gasteiger partial charge in [0.1, 0.15) is 23.2 Å². The minimum atomic E-state index is -0.0811. The summed E-state index contributed by atoms with van der Waals surface area (Å²) in [5.41, 5.74) is 13.5. The van der Waals surface area contributed by atoms with E-state index in [9.17, 15) is 10.4 Å². The maximum Gasteiger partial charge on any atom is 0.222 e. The molecule has 2 heterocycles. The Hall–Kier alpha value is -3.86. The molecular weight excluding hydrogens is 320 g/mol. The Morgan fingerprint density at radius 1 is 1.12 bits per heavy atom. The summed E-state index contributed by atoms with van der Waals surface area (Å²) in [6.45, 7) is 0. The minimum absolute atomic E-state index is 0.0408. The third-order valence-corrected chi connectivity index (χ3v) is 3.60. The first-order chi connectivity index (χ1) is 12.0. The Morgan fingerprint density at radius 2 is 1.88 bits per heavy atom. The van der Waals surface area contributed by atoms with E-state index in [1.165, 1.54) is 13.2 Å². The Morgan fingerprint density at radius 3 is 2.52 bits per heavy atom. The van der Waals surface area contributed by atoms with Crippen molar-refractivity contribution in [1.82, 2.24) is 15.0 Å². The second-order valence-corrected chi connectivity index (χ2v) is 5.12. The van der Waals surface area contributed by atoms with Gasteiger partial charge in [0, 0.05) is 23.4 Å². The lowest BCUT2D eigenvalue weighted by atomic mass is 10.00. The van der Waals surface area contributed by atoms with Crippen molar-refractivity contribution in [2.45, 2.75) is 0 Å². The van der Waals surface area contributed by atoms with Crippen molar-refractivity contribution in [3.8, 4) is 40.1 Å². The van der Waals surface area contributed by atoms with Gasteiger partial charge in [-0.3, -0.25) is 0 Å². The largest absolute Gasteiger partial charge is 0.507 e. The normalized spacial score (nSPS) is 10.2. The van der Waals surface area contributed by atoms with E-state index in [0.717, 1.165) is 11.1 Å². The molecule has 124 valence electrons. The molecule has 0 radical (unpaired) electrons. The van der Waals surface area contributed by atoms with E-state index in [1.807, 2.05) is 12.1 Å². The summed E-state index contributed by atoms with van der Waals surface area (Å²) in [5, 5.41) is 19.6. The van der Waals surface area contributed by atoms with E-state index in [2.05, 4.69) is 15.0 Å². The number of methoxy groups -OCH3 is 1. The summed E-state index contributed by atoms with van der Waals surface area (Å²) in [6, 6.07) is 10.4. The Kier molecular flexibility index (Phi) is 4.05. The Bertz CT molecular complexity index is 980. The summed E-state index contributed by atoms with van der Waals surface area (Å²) in [5.74, 6) is 0.313. The lowest BCUT2D eigenvalue weighted by Gasteiger charge is -2.11. The molecule has 0 spiro atoms. The second-order valence-electron chi connectivity index (χ2n) is 5.12. The first kappa shape index (κ1) is 16.0. The number of nitrogens with zero attached hydrogens (tertiary/aromatic N) is 4. The van der Waals surface area contributed by atoms with Gasteiger partial charge in [0.15, 0.2) is 0 Å². The first-order valence-corrected chi connectivity index (χ1v) is 7.20. The summed E-state index contributed by atoms with van der Waals surface area (Å²) < 4.78 is 5.04. The van der Waals surface area contributed by atoms with Crippen LogP contribution in [-0.4, -0.2) is 27.2 Å². The SMILES string of the molecule is COc1ccc(-c2ccc(O)c(-c3nc(N)nc(N)c3C#N)c2)cn1. The summed E-state index contributed by atoms with van der Waals surface area (Å²) in [7, 11) is 1.54. The van der Waals surface area contributed by atoms with Gasteiger partial charge in [-0.1, -0.05) is 6.07 Å². The van der Waals surface area contributed by atoms with Gasteiger partial charge in [-0.25, -0.2) is 9.97 Å². The lowest BCUT2D eigenvalue weighted by molar-refractivity contribution is 0.398. The van der Waals surface area contributed by atoms with Gasteiger partial charge in [0.05, 0.1) is 12.8 Å². The average Bonchev–Trinajstić information content (AvgIpc) is 2.61. The van der Waals surface area contributed by atoms with Gasteiger partial charge in [-0.05, 0) is 23.8 Å². The van der Waals surface area contributed by atoms with Crippen LogP contribution in [0.2, 0.25) is 0 Å². The third-order valence-electron chi connectivity index (χ3n) is 3.60. The standard InChI is InChI=1S/C17H14N6O2/c1-25-14-5-3-10(8-21-14)9-2-4-13(24)11(6-9)15-12(7-18)16(19)23-17(20)22-15/h2-6,8,24H,1H3,(H4,19,20,22,23). The van der Waals surface area contributed by atoms with Crippen LogP contribution in [0.1, 0.15) is 5.56 Å². The molecule has 0 unspecified atom stereocenters. The highest BCUT2D eigenvalue weighted by Crippen LogP contribution is 2.35. The molecule has 0 amide bonds. The molecule has 0 saturated heterocycles.